The number of alkyl halides is 3. The van der Waals surface area contributed by atoms with E-state index in [1.165, 1.54) is 0 Å². The molecule has 0 bridgehead atoms. The highest BCUT2D eigenvalue weighted by molar-refractivity contribution is 14.1. The van der Waals surface area contributed by atoms with Gasteiger partial charge in [0.05, 0.1) is 5.52 Å². The van der Waals surface area contributed by atoms with Crippen LogP contribution in [-0.4, -0.2) is 29.1 Å². The molecule has 1 N–H and O–H groups in total. The van der Waals surface area contributed by atoms with Crippen LogP contribution in [0.5, 0.6) is 0 Å². The normalized spacial score (nSPS) is 19.4. The van der Waals surface area contributed by atoms with Crippen LogP contribution in [0.3, 0.4) is 0 Å². The fourth-order valence-electron chi connectivity index (χ4n) is 2.44. The third-order valence-corrected chi connectivity index (χ3v) is 4.65. The van der Waals surface area contributed by atoms with Crippen LogP contribution in [0.15, 0.2) is 18.2 Å². The molecule has 1 unspecified atom stereocenters. The fraction of sp³-hybridized carbons (Fsp3) is 0.429. The molecule has 0 amide bonds. The summed E-state index contributed by atoms with van der Waals surface area (Å²) in [5.41, 5.74) is 0.756. The molecule has 1 fully saturated rings. The topological polar surface area (TPSA) is 51.9 Å². The van der Waals surface area contributed by atoms with Gasteiger partial charge in [-0.25, -0.2) is 15.3 Å². The number of benzene rings is 1. The number of nitrogens with one attached hydrogen (secondary N) is 1. The van der Waals surface area contributed by atoms with Crippen LogP contribution >= 0.6 is 57.4 Å². The largest absolute Gasteiger partial charge is 0.365 e. The molecule has 3 rings (SSSR count). The Hall–Kier alpha value is -0.0800. The lowest BCUT2D eigenvalue weighted by molar-refractivity contribution is 0.471. The van der Waals surface area contributed by atoms with Gasteiger partial charge >= 0.3 is 0 Å². The van der Waals surface area contributed by atoms with E-state index in [0.29, 0.717) is 5.82 Å². The Morgan fingerprint density at radius 1 is 1.23 bits per heavy atom. The van der Waals surface area contributed by atoms with Gasteiger partial charge in [0.2, 0.25) is 3.79 Å². The van der Waals surface area contributed by atoms with E-state index >= 15 is 0 Å². The molecule has 1 aliphatic rings. The van der Waals surface area contributed by atoms with E-state index in [4.69, 9.17) is 34.8 Å². The maximum atomic E-state index is 5.96. The predicted octanol–water partition coefficient (Wildman–Crippen LogP) is 4.24. The van der Waals surface area contributed by atoms with Gasteiger partial charge in [-0.3, -0.25) is 0 Å². The Kier molecular flexibility index (Phi) is 5.19. The van der Waals surface area contributed by atoms with Crippen molar-refractivity contribution in [3.05, 3.63) is 27.6 Å². The van der Waals surface area contributed by atoms with Crippen LogP contribution in [0.25, 0.3) is 10.9 Å². The molecule has 117 valence electrons. The first-order valence-corrected chi connectivity index (χ1v) is 9.09. The quantitative estimate of drug-likeness (QED) is 0.528. The summed E-state index contributed by atoms with van der Waals surface area (Å²) in [5, 5.41) is 8.80. The van der Waals surface area contributed by atoms with E-state index in [1.807, 2.05) is 18.2 Å². The minimum atomic E-state index is -1.65. The highest BCUT2D eigenvalue weighted by Crippen LogP contribution is 2.38. The lowest BCUT2D eigenvalue weighted by atomic mass is 10.1. The molecule has 2 heterocycles. The van der Waals surface area contributed by atoms with E-state index in [2.05, 4.69) is 43.2 Å². The second-order valence-corrected chi connectivity index (χ2v) is 8.70. The van der Waals surface area contributed by atoms with Crippen LogP contribution in [0.4, 0.5) is 5.82 Å². The molecule has 4 nitrogen and oxygen atoms in total. The Morgan fingerprint density at radius 3 is 2.73 bits per heavy atom. The third-order valence-electron chi connectivity index (χ3n) is 3.47. The Morgan fingerprint density at radius 2 is 2.05 bits per heavy atom. The van der Waals surface area contributed by atoms with Crippen LogP contribution in [0.2, 0.25) is 0 Å². The molecule has 0 aliphatic carbocycles. The van der Waals surface area contributed by atoms with Crippen molar-refractivity contribution in [1.29, 1.82) is 0 Å². The summed E-state index contributed by atoms with van der Waals surface area (Å²) < 4.78 is -0.545. The van der Waals surface area contributed by atoms with Crippen molar-refractivity contribution < 1.29 is 0 Å². The number of aromatic nitrogens is 2. The van der Waals surface area contributed by atoms with Crippen molar-refractivity contribution >= 4 is 74.1 Å². The molecular weight excluding hydrogens is 457 g/mol. The summed E-state index contributed by atoms with van der Waals surface area (Å²) in [7, 11) is 0. The fourth-order valence-corrected chi connectivity index (χ4v) is 3.18. The minimum Gasteiger partial charge on any atom is -0.365 e. The summed E-state index contributed by atoms with van der Waals surface area (Å²) in [5.74, 6) is 0.883. The van der Waals surface area contributed by atoms with Gasteiger partial charge in [0.15, 0.2) is 5.82 Å². The third kappa shape index (κ3) is 3.87. The number of rotatable bonds is 2. The summed E-state index contributed by atoms with van der Waals surface area (Å²) in [4.78, 5) is 8.81. The molecule has 2 aromatic rings. The number of halogens is 4. The predicted molar refractivity (Wildman–Crippen MR) is 100 cm³/mol. The van der Waals surface area contributed by atoms with Crippen LogP contribution in [0, 0.1) is 3.57 Å². The number of nitrogens with zero attached hydrogens (tertiary/aromatic N) is 3. The molecule has 8 heteroatoms. The smallest absolute Gasteiger partial charge is 0.250 e. The van der Waals surface area contributed by atoms with Crippen molar-refractivity contribution in [2.45, 2.75) is 22.7 Å². The maximum absolute atomic E-state index is 5.96. The van der Waals surface area contributed by atoms with E-state index in [1.54, 1.807) is 0 Å². The Balaban J connectivity index is 2.05. The first kappa shape index (κ1) is 16.8. The molecule has 0 spiro atoms. The number of hydrogen-bond donors (Lipinski definition) is 1. The number of hydrogen-bond acceptors (Lipinski definition) is 3. The zero-order valence-electron chi connectivity index (χ0n) is 11.5. The van der Waals surface area contributed by atoms with Crippen LogP contribution in [0.1, 0.15) is 18.7 Å². The van der Waals surface area contributed by atoms with Gasteiger partial charge in [0.25, 0.3) is 0 Å². The molecule has 22 heavy (non-hydrogen) atoms. The first-order valence-electron chi connectivity index (χ1n) is 6.88. The Bertz CT molecular complexity index is 684. The zero-order valence-corrected chi connectivity index (χ0v) is 15.9. The van der Waals surface area contributed by atoms with Gasteiger partial charge in [0, 0.05) is 28.1 Å². The van der Waals surface area contributed by atoms with E-state index in [9.17, 15) is 0 Å². The average Bonchev–Trinajstić information content (AvgIpc) is 2.47. The Labute approximate surface area is 157 Å². The molecule has 1 aliphatic heterocycles. The van der Waals surface area contributed by atoms with Gasteiger partial charge in [-0.15, -0.1) is 0 Å². The minimum absolute atomic E-state index is 0.182. The molecule has 1 saturated heterocycles. The summed E-state index contributed by atoms with van der Waals surface area (Å²) in [6.45, 7) is 1.71. The molecular formula is C14H13Cl3IN4. The second kappa shape index (κ2) is 6.81. The van der Waals surface area contributed by atoms with Crippen LogP contribution in [-0.2, 0) is 3.79 Å². The van der Waals surface area contributed by atoms with E-state index < -0.39 is 3.79 Å². The molecule has 1 aromatic carbocycles. The van der Waals surface area contributed by atoms with Crippen molar-refractivity contribution in [3.63, 3.8) is 0 Å². The highest BCUT2D eigenvalue weighted by Gasteiger charge is 2.28. The van der Waals surface area contributed by atoms with Crippen molar-refractivity contribution in [2.75, 3.05) is 18.4 Å². The average molecular weight is 471 g/mol. The van der Waals surface area contributed by atoms with Crippen molar-refractivity contribution in [2.24, 2.45) is 0 Å². The molecule has 1 atom stereocenters. The van der Waals surface area contributed by atoms with Gasteiger partial charge in [0.1, 0.15) is 5.82 Å². The molecule has 1 aromatic heterocycles. The van der Waals surface area contributed by atoms with Crippen molar-refractivity contribution in [1.82, 2.24) is 15.3 Å². The second-order valence-electron chi connectivity index (χ2n) is 5.17. The lowest BCUT2D eigenvalue weighted by Gasteiger charge is -2.24. The summed E-state index contributed by atoms with van der Waals surface area (Å²) >= 11 is 20.1. The van der Waals surface area contributed by atoms with Crippen molar-refractivity contribution in [3.8, 4) is 0 Å². The summed E-state index contributed by atoms with van der Waals surface area (Å²) in [6.07, 6.45) is 2.14. The first-order chi connectivity index (χ1) is 10.4. The monoisotopic (exact) mass is 469 g/mol. The zero-order chi connectivity index (χ0) is 15.7. The van der Waals surface area contributed by atoms with Gasteiger partial charge in [-0.05, 0) is 53.6 Å². The SMILES string of the molecule is ClC(Cl)(Cl)c1nc(NC2CCC[N]C2)c2cc(I)ccc2n1. The maximum Gasteiger partial charge on any atom is 0.250 e. The number of anilines is 1. The van der Waals surface area contributed by atoms with Gasteiger partial charge in [-0.1, -0.05) is 34.8 Å². The van der Waals surface area contributed by atoms with Crippen LogP contribution < -0.4 is 10.6 Å². The van der Waals surface area contributed by atoms with E-state index in [-0.39, 0.29) is 11.9 Å². The standard InChI is InChI=1S/C14H13Cl3IN4/c15-14(16,17)13-21-11-4-3-8(18)6-10(11)12(22-13)20-9-2-1-5-19-7-9/h3-4,6,9H,1-2,5,7H2,(H,20,21,22). The van der Waals surface area contributed by atoms with E-state index in [0.717, 1.165) is 40.4 Å². The lowest BCUT2D eigenvalue weighted by Crippen LogP contribution is -2.35. The van der Waals surface area contributed by atoms with Gasteiger partial charge in [-0.2, -0.15) is 0 Å². The number of fused-ring (bicyclic) bond motifs is 1. The molecule has 1 radical (unpaired) electrons. The highest BCUT2D eigenvalue weighted by atomic mass is 127. The molecule has 0 saturated carbocycles. The van der Waals surface area contributed by atoms with Gasteiger partial charge < -0.3 is 5.32 Å². The summed E-state index contributed by atoms with van der Waals surface area (Å²) in [6, 6.07) is 6.17. The number of piperidine rings is 1.